The fourth-order valence-corrected chi connectivity index (χ4v) is 0. The molecular weight excluding hydrogens is 423 g/mol. The molecule has 0 spiro atoms. The van der Waals surface area contributed by atoms with Crippen LogP contribution in [0.1, 0.15) is 0 Å². The van der Waals surface area contributed by atoms with Crippen molar-refractivity contribution >= 4 is 56.6 Å². The van der Waals surface area contributed by atoms with E-state index in [1.54, 1.807) is 0 Å². The molecule has 0 fully saturated rings. The maximum atomic E-state index is 3.58. The maximum absolute atomic E-state index is 3.58. The predicted molar refractivity (Wildman–Crippen MR) is 51.7 cm³/mol. The molecule has 0 rings (SSSR count). The van der Waals surface area contributed by atoms with Crippen LogP contribution in [0.4, 0.5) is 0 Å². The van der Waals surface area contributed by atoms with Crippen LogP contribution >= 0.6 is 38.3 Å². The summed E-state index contributed by atoms with van der Waals surface area (Å²) in [6.07, 6.45) is 4.44. The number of rotatable bonds is 1. The summed E-state index contributed by atoms with van der Waals surface area (Å²) in [7, 11) is -1.22. The van der Waals surface area contributed by atoms with Crippen molar-refractivity contribution in [1.29, 1.82) is 0 Å². The van der Waals surface area contributed by atoms with E-state index in [2.05, 4.69) is 50.8 Å². The Kier molecular flexibility index (Phi) is 5.03. The molecule has 0 radical (unpaired) electrons. The van der Waals surface area contributed by atoms with Crippen molar-refractivity contribution in [2.45, 2.75) is 0 Å². The van der Waals surface area contributed by atoms with Gasteiger partial charge in [-0.1, -0.05) is 0 Å². The second-order valence-electron chi connectivity index (χ2n) is 1.11. The predicted octanol–water partition coefficient (Wildman–Crippen LogP) is 2.48. The Morgan fingerprint density at radius 2 is 1.29 bits per heavy atom. The van der Waals surface area contributed by atoms with E-state index in [9.17, 15) is 0 Å². The molecule has 0 nitrogen and oxygen atoms in total. The molecule has 7 heavy (non-hydrogen) atoms. The van der Waals surface area contributed by atoms with Gasteiger partial charge in [-0.2, -0.15) is 0 Å². The van der Waals surface area contributed by atoms with E-state index < -0.39 is 10.2 Å². The average Bonchev–Trinajstić information content (AvgIpc) is 1.31. The van der Waals surface area contributed by atoms with Crippen molar-refractivity contribution in [1.82, 2.24) is 0 Å². The monoisotopic (exact) mass is 429 g/mol. The Balaban J connectivity index is 3.54. The molecule has 0 N–H and O–H groups in total. The Labute approximate surface area is 67.8 Å². The number of hydrogen-bond acceptors (Lipinski definition) is 0. The summed E-state index contributed by atoms with van der Waals surface area (Å²) in [5, 5.41) is 0. The van der Waals surface area contributed by atoms with E-state index in [1.165, 1.54) is 0 Å². The van der Waals surface area contributed by atoms with Gasteiger partial charge in [-0.05, 0) is 0 Å². The third-order valence-corrected chi connectivity index (χ3v) is 39.5. The average molecular weight is 429 g/mol. The molecule has 0 atom stereocenters. The van der Waals surface area contributed by atoms with Gasteiger partial charge in [0.1, 0.15) is 0 Å². The van der Waals surface area contributed by atoms with Gasteiger partial charge < -0.3 is 0 Å². The van der Waals surface area contributed by atoms with Gasteiger partial charge in [-0.25, -0.2) is 0 Å². The van der Waals surface area contributed by atoms with Crippen LogP contribution in [0.3, 0.4) is 0 Å². The van der Waals surface area contributed by atoms with Gasteiger partial charge in [0.15, 0.2) is 0 Å². The second kappa shape index (κ2) is 3.68. The third-order valence-electron chi connectivity index (χ3n) is 0.378. The summed E-state index contributed by atoms with van der Waals surface area (Å²) in [6, 6.07) is 0. The zero-order valence-electron chi connectivity index (χ0n) is 3.95. The van der Waals surface area contributed by atoms with E-state index in [0.29, 0.717) is 8.12 Å². The molecule has 5 heteroatoms. The van der Waals surface area contributed by atoms with Crippen LogP contribution in [0, 0.1) is 0 Å². The van der Waals surface area contributed by atoms with E-state index in [4.69, 9.17) is 0 Å². The molecule has 0 unspecified atom stereocenters. The summed E-state index contributed by atoms with van der Waals surface area (Å²) in [4.78, 5) is 0. The molecule has 0 saturated heterocycles. The Morgan fingerprint density at radius 3 is 1.29 bits per heavy atom. The van der Waals surface area contributed by atoms with Gasteiger partial charge in [-0.3, -0.25) is 0 Å². The molecule has 0 aliphatic heterocycles. The molecule has 0 heterocycles. The zero-order valence-corrected chi connectivity index (χ0v) is 11.9. The van der Waals surface area contributed by atoms with E-state index in [1.807, 2.05) is 0 Å². The Morgan fingerprint density at radius 1 is 1.14 bits per heavy atom. The van der Waals surface area contributed by atoms with Gasteiger partial charge in [0.05, 0.1) is 0 Å². The molecule has 46 valence electrons. The molecule has 0 aromatic carbocycles. The summed E-state index contributed by atoms with van der Waals surface area (Å²) < 4.78 is 0. The summed E-state index contributed by atoms with van der Waals surface area (Å²) in [6.45, 7) is 0. The first-order valence-corrected chi connectivity index (χ1v) is 21.9. The molecule has 0 bridgehead atoms. The van der Waals surface area contributed by atoms with E-state index in [0.717, 1.165) is 0 Å². The molecule has 0 aromatic rings. The van der Waals surface area contributed by atoms with Crippen LogP contribution < -0.4 is 0 Å². The molecule has 0 aromatic heterocycles. The SMILES string of the molecule is C[S+](C)[Te](Br)(Br)Br. The van der Waals surface area contributed by atoms with Crippen LogP contribution in [0.25, 0.3) is 0 Å². The summed E-state index contributed by atoms with van der Waals surface area (Å²) in [5.41, 5.74) is 0. The first kappa shape index (κ1) is 9.58. The molecule has 0 aliphatic rings. The van der Waals surface area contributed by atoms with Crippen LogP contribution in [0.2, 0.25) is 0 Å². The third kappa shape index (κ3) is 5.05. The van der Waals surface area contributed by atoms with Crippen LogP contribution in [0.15, 0.2) is 0 Å². The fourth-order valence-electron chi connectivity index (χ4n) is 0. The van der Waals surface area contributed by atoms with Crippen molar-refractivity contribution in [2.75, 3.05) is 12.5 Å². The van der Waals surface area contributed by atoms with E-state index in [-0.39, 0.29) is 0 Å². The topological polar surface area (TPSA) is 0 Å². The van der Waals surface area contributed by atoms with Crippen molar-refractivity contribution in [3.05, 3.63) is 0 Å². The van der Waals surface area contributed by atoms with Crippen LogP contribution in [-0.4, -0.2) is 22.7 Å². The summed E-state index contributed by atoms with van der Waals surface area (Å²) >= 11 is 10.7. The number of halogens is 3. The molecule has 0 saturated carbocycles. The Bertz CT molecular complexity index is 58.4. The second-order valence-corrected chi connectivity index (χ2v) is 59.4. The van der Waals surface area contributed by atoms with Gasteiger partial charge in [0.25, 0.3) is 0 Å². The fraction of sp³-hybridized carbons (Fsp3) is 1.00. The number of hydrogen-bond donors (Lipinski definition) is 0. The van der Waals surface area contributed by atoms with Crippen molar-refractivity contribution in [3.8, 4) is 0 Å². The van der Waals surface area contributed by atoms with Gasteiger partial charge in [0.2, 0.25) is 0 Å². The normalized spacial score (nSPS) is 15.1. The van der Waals surface area contributed by atoms with E-state index >= 15 is 0 Å². The van der Waals surface area contributed by atoms with Crippen molar-refractivity contribution < 1.29 is 0 Å². The van der Waals surface area contributed by atoms with Gasteiger partial charge in [0, 0.05) is 0 Å². The zero-order chi connectivity index (χ0) is 6.08. The van der Waals surface area contributed by atoms with Crippen molar-refractivity contribution in [3.63, 3.8) is 0 Å². The molecular formula is C2H6Br3STe+. The van der Waals surface area contributed by atoms with Crippen LogP contribution in [0.5, 0.6) is 0 Å². The quantitative estimate of drug-likeness (QED) is 0.444. The van der Waals surface area contributed by atoms with Crippen molar-refractivity contribution in [2.24, 2.45) is 0 Å². The Hall–Kier alpha value is 2.58. The summed E-state index contributed by atoms with van der Waals surface area (Å²) in [5.74, 6) is 0. The first-order chi connectivity index (χ1) is 2.94. The van der Waals surface area contributed by atoms with Crippen LogP contribution in [-0.2, 0) is 8.12 Å². The standard InChI is InChI=1S/C2H6Br3STe/c1-6(2)7(3,4)5/h1-2H3/q+1. The minimum atomic E-state index is -1.72. The first-order valence-electron chi connectivity index (χ1n) is 1.45. The molecule has 0 aliphatic carbocycles. The molecule has 0 amide bonds. The minimum absolute atomic E-state index is 0.507. The van der Waals surface area contributed by atoms with Gasteiger partial charge >= 0.3 is 69.1 Å². The van der Waals surface area contributed by atoms with Gasteiger partial charge in [-0.15, -0.1) is 0 Å².